The molecule has 16 heavy (non-hydrogen) atoms. The lowest BCUT2D eigenvalue weighted by atomic mass is 10.3. The minimum atomic E-state index is -0.798. The molecule has 3 N–H and O–H groups in total. The fraction of sp³-hybridized carbons (Fsp3) is 0.400. The number of ether oxygens (including phenoxy) is 1. The molecule has 1 rings (SSSR count). The zero-order valence-electron chi connectivity index (χ0n) is 8.70. The smallest absolute Gasteiger partial charge is 0.138 e. The van der Waals surface area contributed by atoms with Gasteiger partial charge in [-0.3, -0.25) is 0 Å². The molecule has 0 radical (unpaired) electrons. The van der Waals surface area contributed by atoms with Gasteiger partial charge in [0.05, 0.1) is 30.5 Å². The predicted octanol–water partition coefficient (Wildman–Crippen LogP) is 1.88. The van der Waals surface area contributed by atoms with E-state index >= 15 is 0 Å². The topological polar surface area (TPSA) is 61.7 Å². The van der Waals surface area contributed by atoms with Gasteiger partial charge in [-0.1, -0.05) is 11.6 Å². The molecular weight excluding hydrogens is 297 g/mol. The molecule has 0 aliphatic heterocycles. The number of halogens is 2. The Morgan fingerprint density at radius 3 is 2.81 bits per heavy atom. The molecule has 90 valence electrons. The van der Waals surface area contributed by atoms with Gasteiger partial charge in [-0.25, -0.2) is 0 Å². The highest BCUT2D eigenvalue weighted by Crippen LogP contribution is 2.34. The van der Waals surface area contributed by atoms with Crippen molar-refractivity contribution in [3.63, 3.8) is 0 Å². The zero-order valence-corrected chi connectivity index (χ0v) is 11.0. The summed E-state index contributed by atoms with van der Waals surface area (Å²) in [5.41, 5.74) is 0.735. The van der Waals surface area contributed by atoms with Crippen LogP contribution in [0.3, 0.4) is 0 Å². The Hall–Kier alpha value is -0.490. The van der Waals surface area contributed by atoms with Crippen molar-refractivity contribution in [2.75, 3.05) is 25.6 Å². The Balaban J connectivity index is 2.77. The highest BCUT2D eigenvalue weighted by Gasteiger charge is 2.08. The number of methoxy groups -OCH3 is 1. The summed E-state index contributed by atoms with van der Waals surface area (Å²) in [6, 6.07) is 3.42. The number of aliphatic hydroxyl groups is 2. The molecule has 0 fully saturated rings. The summed E-state index contributed by atoms with van der Waals surface area (Å²) in [5.74, 6) is 0.571. The molecule has 0 saturated heterocycles. The number of hydrogen-bond acceptors (Lipinski definition) is 4. The van der Waals surface area contributed by atoms with E-state index in [1.807, 2.05) is 0 Å². The fourth-order valence-corrected chi connectivity index (χ4v) is 1.82. The van der Waals surface area contributed by atoms with E-state index in [2.05, 4.69) is 21.2 Å². The van der Waals surface area contributed by atoms with Gasteiger partial charge in [0.2, 0.25) is 0 Å². The van der Waals surface area contributed by atoms with Gasteiger partial charge in [0.25, 0.3) is 0 Å². The Kier molecular flexibility index (Phi) is 5.34. The quantitative estimate of drug-likeness (QED) is 0.777. The summed E-state index contributed by atoms with van der Waals surface area (Å²) in [4.78, 5) is 0. The molecule has 1 aromatic carbocycles. The zero-order chi connectivity index (χ0) is 12.1. The second kappa shape index (κ2) is 6.30. The van der Waals surface area contributed by atoms with Gasteiger partial charge in [0, 0.05) is 11.0 Å². The molecule has 0 bridgehead atoms. The third-order valence-corrected chi connectivity index (χ3v) is 2.93. The van der Waals surface area contributed by atoms with Crippen LogP contribution in [0.4, 0.5) is 5.69 Å². The Morgan fingerprint density at radius 1 is 1.56 bits per heavy atom. The van der Waals surface area contributed by atoms with Crippen LogP contribution < -0.4 is 10.1 Å². The Labute approximate surface area is 107 Å². The highest BCUT2D eigenvalue weighted by atomic mass is 79.9. The number of benzene rings is 1. The van der Waals surface area contributed by atoms with Crippen molar-refractivity contribution in [1.29, 1.82) is 0 Å². The standard InChI is InChI=1S/C10H13BrClNO3/c1-16-10-2-7(11)9(3-8(10)12)13-4-6(15)5-14/h2-3,6,13-15H,4-5H2,1H3. The van der Waals surface area contributed by atoms with E-state index in [9.17, 15) is 5.11 Å². The summed E-state index contributed by atoms with van der Waals surface area (Å²) < 4.78 is 5.83. The van der Waals surface area contributed by atoms with Crippen LogP contribution in [-0.4, -0.2) is 36.6 Å². The fourth-order valence-electron chi connectivity index (χ4n) is 1.11. The number of anilines is 1. The monoisotopic (exact) mass is 309 g/mol. The summed E-state index contributed by atoms with van der Waals surface area (Å²) >= 11 is 9.30. The lowest BCUT2D eigenvalue weighted by molar-refractivity contribution is 0.105. The molecule has 6 heteroatoms. The second-order valence-corrected chi connectivity index (χ2v) is 4.45. The van der Waals surface area contributed by atoms with Gasteiger partial charge in [-0.2, -0.15) is 0 Å². The maximum atomic E-state index is 9.19. The van der Waals surface area contributed by atoms with Crippen molar-refractivity contribution in [3.05, 3.63) is 21.6 Å². The average Bonchev–Trinajstić information content (AvgIpc) is 2.29. The first-order chi connectivity index (χ1) is 7.58. The number of rotatable bonds is 5. The molecule has 0 spiro atoms. The van der Waals surface area contributed by atoms with Crippen molar-refractivity contribution in [3.8, 4) is 5.75 Å². The maximum absolute atomic E-state index is 9.19. The Morgan fingerprint density at radius 2 is 2.25 bits per heavy atom. The molecule has 4 nitrogen and oxygen atoms in total. The first-order valence-electron chi connectivity index (χ1n) is 4.64. The molecule has 0 heterocycles. The van der Waals surface area contributed by atoms with Crippen LogP contribution in [0.5, 0.6) is 5.75 Å². The predicted molar refractivity (Wildman–Crippen MR) is 67.3 cm³/mol. The van der Waals surface area contributed by atoms with Gasteiger partial charge in [0.15, 0.2) is 0 Å². The van der Waals surface area contributed by atoms with Crippen LogP contribution in [0.2, 0.25) is 5.02 Å². The molecular formula is C10H13BrClNO3. The summed E-state index contributed by atoms with van der Waals surface area (Å²) in [7, 11) is 1.54. The summed E-state index contributed by atoms with van der Waals surface area (Å²) in [6.45, 7) is -0.0355. The van der Waals surface area contributed by atoms with Crippen molar-refractivity contribution in [1.82, 2.24) is 0 Å². The minimum Gasteiger partial charge on any atom is -0.495 e. The van der Waals surface area contributed by atoms with Crippen LogP contribution in [0, 0.1) is 0 Å². The molecule has 1 aromatic rings. The van der Waals surface area contributed by atoms with Crippen molar-refractivity contribution >= 4 is 33.2 Å². The number of nitrogens with one attached hydrogen (secondary N) is 1. The molecule has 0 aromatic heterocycles. The van der Waals surface area contributed by atoms with Crippen LogP contribution in [0.15, 0.2) is 16.6 Å². The van der Waals surface area contributed by atoms with E-state index in [1.165, 1.54) is 7.11 Å². The van der Waals surface area contributed by atoms with Gasteiger partial charge < -0.3 is 20.3 Å². The molecule has 1 atom stereocenters. The van der Waals surface area contributed by atoms with E-state index in [0.29, 0.717) is 10.8 Å². The second-order valence-electron chi connectivity index (χ2n) is 3.18. The van der Waals surface area contributed by atoms with Crippen LogP contribution in [0.25, 0.3) is 0 Å². The van der Waals surface area contributed by atoms with Crippen molar-refractivity contribution in [2.45, 2.75) is 6.10 Å². The van der Waals surface area contributed by atoms with Crippen molar-refractivity contribution in [2.24, 2.45) is 0 Å². The highest BCUT2D eigenvalue weighted by molar-refractivity contribution is 9.10. The van der Waals surface area contributed by atoms with Crippen LogP contribution >= 0.6 is 27.5 Å². The van der Waals surface area contributed by atoms with Gasteiger partial charge >= 0.3 is 0 Å². The van der Waals surface area contributed by atoms with E-state index in [0.717, 1.165) is 10.2 Å². The Bertz CT molecular complexity index is 362. The molecule has 0 amide bonds. The number of hydrogen-bond donors (Lipinski definition) is 3. The first-order valence-corrected chi connectivity index (χ1v) is 5.81. The molecule has 0 saturated carbocycles. The molecule has 0 aliphatic carbocycles. The SMILES string of the molecule is COc1cc(Br)c(NCC(O)CO)cc1Cl. The maximum Gasteiger partial charge on any atom is 0.138 e. The third kappa shape index (κ3) is 3.52. The van der Waals surface area contributed by atoms with E-state index in [1.54, 1.807) is 12.1 Å². The van der Waals surface area contributed by atoms with Gasteiger partial charge in [-0.15, -0.1) is 0 Å². The van der Waals surface area contributed by atoms with Crippen LogP contribution in [0.1, 0.15) is 0 Å². The first kappa shape index (κ1) is 13.6. The van der Waals surface area contributed by atoms with Crippen LogP contribution in [-0.2, 0) is 0 Å². The summed E-state index contributed by atoms with van der Waals surface area (Å²) in [5, 5.41) is 21.3. The molecule has 0 aliphatic rings. The third-order valence-electron chi connectivity index (χ3n) is 1.98. The van der Waals surface area contributed by atoms with Crippen molar-refractivity contribution < 1.29 is 14.9 Å². The lowest BCUT2D eigenvalue weighted by Crippen LogP contribution is -2.23. The lowest BCUT2D eigenvalue weighted by Gasteiger charge is -2.13. The average molecular weight is 311 g/mol. The van der Waals surface area contributed by atoms with Gasteiger partial charge in [0.1, 0.15) is 5.75 Å². The largest absolute Gasteiger partial charge is 0.495 e. The molecule has 1 unspecified atom stereocenters. The minimum absolute atomic E-state index is 0.248. The normalized spacial score (nSPS) is 12.3. The number of aliphatic hydroxyl groups excluding tert-OH is 2. The van der Waals surface area contributed by atoms with E-state index in [-0.39, 0.29) is 13.2 Å². The van der Waals surface area contributed by atoms with Gasteiger partial charge in [-0.05, 0) is 28.1 Å². The summed E-state index contributed by atoms with van der Waals surface area (Å²) in [6.07, 6.45) is -0.798. The van der Waals surface area contributed by atoms with E-state index in [4.69, 9.17) is 21.4 Å². The van der Waals surface area contributed by atoms with E-state index < -0.39 is 6.10 Å².